The van der Waals surface area contributed by atoms with E-state index in [0.717, 1.165) is 0 Å². The summed E-state index contributed by atoms with van der Waals surface area (Å²) < 4.78 is 0. The molecule has 0 aromatic heterocycles. The van der Waals surface area contributed by atoms with Gasteiger partial charge in [0.25, 0.3) is 0 Å². The first kappa shape index (κ1) is 73.8. The van der Waals surface area contributed by atoms with Gasteiger partial charge < -0.3 is 0 Å². The van der Waals surface area contributed by atoms with Gasteiger partial charge in [-0.25, -0.2) is 0 Å². The van der Waals surface area contributed by atoms with Crippen LogP contribution < -0.4 is 0 Å². The van der Waals surface area contributed by atoms with E-state index in [-0.39, 0.29) is 0 Å². The number of hydrogen-bond acceptors (Lipinski definition) is 0. The van der Waals surface area contributed by atoms with Crippen LogP contribution in [0.4, 0.5) is 0 Å². The summed E-state index contributed by atoms with van der Waals surface area (Å²) in [6.07, 6.45) is 0. The lowest BCUT2D eigenvalue weighted by Crippen LogP contribution is -1.94. The molecule has 0 aliphatic heterocycles. The highest BCUT2D eigenvalue weighted by atomic mass is 14.1. The topological polar surface area (TPSA) is 0 Å². The lowest BCUT2D eigenvalue weighted by molar-refractivity contribution is 0.846. The maximum absolute atomic E-state index is 2.26. The van der Waals surface area contributed by atoms with E-state index >= 15 is 0 Å². The third-order valence-electron chi connectivity index (χ3n) is 14.5. The van der Waals surface area contributed by atoms with E-state index < -0.39 is 0 Å². The molecule has 82 heavy (non-hydrogen) atoms. The molecule has 8 aromatic rings. The second-order valence-corrected chi connectivity index (χ2v) is 25.4. The van der Waals surface area contributed by atoms with Gasteiger partial charge in [0.05, 0.1) is 0 Å². The normalized spacial score (nSPS) is 10.5. The molecule has 0 nitrogen and oxygen atoms in total. The van der Waals surface area contributed by atoms with E-state index in [0.29, 0.717) is 47.3 Å². The maximum Gasteiger partial charge on any atom is -0.0214 e. The van der Waals surface area contributed by atoms with Gasteiger partial charge in [-0.3, -0.25) is 0 Å². The third kappa shape index (κ3) is 30.7. The molecule has 0 spiro atoms. The fraction of sp³-hybridized carbons (Fsp3) is 0.415. The van der Waals surface area contributed by atoms with Gasteiger partial charge in [-0.2, -0.15) is 0 Å². The Balaban J connectivity index is 0.000000469. The Hall–Kier alpha value is -6.24. The van der Waals surface area contributed by atoms with E-state index in [4.69, 9.17) is 0 Å². The van der Waals surface area contributed by atoms with Crippen LogP contribution in [0.15, 0.2) is 182 Å². The molecule has 0 heteroatoms. The molecule has 444 valence electrons. The van der Waals surface area contributed by atoms with Gasteiger partial charge in [0.15, 0.2) is 0 Å². The summed E-state index contributed by atoms with van der Waals surface area (Å²) in [5.41, 5.74) is 25.2. The number of aryl methyl sites for hydroxylation is 10. The average Bonchev–Trinajstić information content (AvgIpc) is 3.41. The van der Waals surface area contributed by atoms with Crippen LogP contribution in [-0.4, -0.2) is 0 Å². The predicted octanol–water partition coefficient (Wildman–Crippen LogP) is 25.6. The number of hydrogen-bond donors (Lipinski definition) is 0. The van der Waals surface area contributed by atoms with Crippen molar-refractivity contribution < 1.29 is 0 Å². The first-order chi connectivity index (χ1) is 38.4. The highest BCUT2D eigenvalue weighted by Crippen LogP contribution is 2.23. The predicted molar refractivity (Wildman–Crippen MR) is 372 cm³/mol. The zero-order valence-electron chi connectivity index (χ0n) is 56.9. The molecule has 0 aliphatic carbocycles. The van der Waals surface area contributed by atoms with Crippen molar-refractivity contribution in [1.82, 2.24) is 0 Å². The van der Waals surface area contributed by atoms with Crippen molar-refractivity contribution in [1.29, 1.82) is 0 Å². The van der Waals surface area contributed by atoms with Crippen LogP contribution in [0.1, 0.15) is 258 Å². The molecule has 0 atom stereocenters. The summed E-state index contributed by atoms with van der Waals surface area (Å²) in [6, 6.07) is 65.2. The molecular formula is C82H116. The van der Waals surface area contributed by atoms with Crippen LogP contribution in [-0.2, 0) is 0 Å². The molecule has 8 aromatic carbocycles. The van der Waals surface area contributed by atoms with Crippen LogP contribution in [0.2, 0.25) is 0 Å². The van der Waals surface area contributed by atoms with Gasteiger partial charge in [0.2, 0.25) is 0 Å². The fourth-order valence-corrected chi connectivity index (χ4v) is 9.23. The zero-order valence-corrected chi connectivity index (χ0v) is 56.9. The van der Waals surface area contributed by atoms with Gasteiger partial charge in [0.1, 0.15) is 0 Å². The maximum atomic E-state index is 2.26. The second kappa shape index (κ2) is 39.3. The molecule has 0 saturated heterocycles. The van der Waals surface area contributed by atoms with Crippen LogP contribution in [0, 0.1) is 69.2 Å². The van der Waals surface area contributed by atoms with Crippen molar-refractivity contribution in [3.63, 3.8) is 0 Å². The summed E-state index contributed by atoms with van der Waals surface area (Å²) in [6.45, 7) is 57.0. The molecule has 0 amide bonds. The molecule has 0 unspecified atom stereocenters. The van der Waals surface area contributed by atoms with Crippen LogP contribution in [0.3, 0.4) is 0 Å². The first-order valence-electron chi connectivity index (χ1n) is 31.0. The molecule has 8 rings (SSSR count). The Morgan fingerprint density at radius 2 is 0.463 bits per heavy atom. The first-order valence-corrected chi connectivity index (χ1v) is 31.0. The van der Waals surface area contributed by atoms with E-state index in [9.17, 15) is 0 Å². The van der Waals surface area contributed by atoms with E-state index in [1.165, 1.54) is 100 Å². The monoisotopic (exact) mass is 1100 g/mol. The quantitative estimate of drug-likeness (QED) is 0.142. The van der Waals surface area contributed by atoms with Gasteiger partial charge in [-0.15, -0.1) is 0 Å². The van der Waals surface area contributed by atoms with Crippen LogP contribution >= 0.6 is 0 Å². The summed E-state index contributed by atoms with van der Waals surface area (Å²) in [5, 5.41) is 0. The Morgan fingerprint density at radius 3 is 0.695 bits per heavy atom. The standard InChI is InChI=1S/2C11H16.6C10H14/c1-8(2)11-6-9(3)5-10(4)7-11;1-8(2)11-9(3)6-5-7-10(11)4;3*1-8(2)10-6-4-9(3)5-7-10;2*1-8(2)10-6-4-5-9(3)7-10;1-8(2)10-7-5-4-6-9(10)3/h2*5-8H,1-4H3;6*4-8H,1-3H3. The average molecular weight is 1100 g/mol. The molecule has 0 heterocycles. The van der Waals surface area contributed by atoms with Crippen LogP contribution in [0.25, 0.3) is 0 Å². The zero-order chi connectivity index (χ0) is 62.2. The Morgan fingerprint density at radius 1 is 0.183 bits per heavy atom. The highest BCUT2D eigenvalue weighted by molar-refractivity contribution is 5.36. The van der Waals surface area contributed by atoms with Gasteiger partial charge >= 0.3 is 0 Å². The Bertz CT molecular complexity index is 2720. The summed E-state index contributed by atoms with van der Waals surface area (Å²) in [4.78, 5) is 0. The smallest absolute Gasteiger partial charge is 0.0214 e. The Labute approximate surface area is 506 Å². The minimum atomic E-state index is 0.647. The SMILES string of the molecule is Cc1cc(C)cc(C(C)C)c1.Cc1ccc(C(C)C)cc1.Cc1ccc(C(C)C)cc1.Cc1ccc(C(C)C)cc1.Cc1cccc(C(C)C)c1.Cc1cccc(C(C)C)c1.Cc1cccc(C)c1C(C)C.Cc1ccccc1C(C)C. The fourth-order valence-electron chi connectivity index (χ4n) is 9.23. The van der Waals surface area contributed by atoms with Crippen molar-refractivity contribution in [2.75, 3.05) is 0 Å². The van der Waals surface area contributed by atoms with E-state index in [1.807, 2.05) is 0 Å². The summed E-state index contributed by atoms with van der Waals surface area (Å²) in [5.74, 6) is 5.22. The minimum absolute atomic E-state index is 0.647. The molecule has 0 bridgehead atoms. The van der Waals surface area contributed by atoms with Crippen molar-refractivity contribution in [3.05, 3.63) is 282 Å². The number of rotatable bonds is 8. The van der Waals surface area contributed by atoms with Crippen molar-refractivity contribution in [2.24, 2.45) is 0 Å². The Kier molecular flexibility index (Phi) is 35.3. The molecule has 0 saturated carbocycles. The van der Waals surface area contributed by atoms with Crippen molar-refractivity contribution >= 4 is 0 Å². The third-order valence-corrected chi connectivity index (χ3v) is 14.5. The molecule has 0 fully saturated rings. The van der Waals surface area contributed by atoms with Crippen molar-refractivity contribution in [3.8, 4) is 0 Å². The minimum Gasteiger partial charge on any atom is -0.0620 e. The summed E-state index contributed by atoms with van der Waals surface area (Å²) in [7, 11) is 0. The molecule has 0 N–H and O–H groups in total. The van der Waals surface area contributed by atoms with Crippen molar-refractivity contribution in [2.45, 2.75) is 227 Å². The second-order valence-electron chi connectivity index (χ2n) is 25.4. The molecular weight excluding hydrogens is 985 g/mol. The molecule has 0 aliphatic rings. The molecule has 0 radical (unpaired) electrons. The lowest BCUT2D eigenvalue weighted by atomic mass is 9.94. The highest BCUT2D eigenvalue weighted by Gasteiger charge is 2.06. The van der Waals surface area contributed by atoms with E-state index in [1.54, 1.807) is 0 Å². The van der Waals surface area contributed by atoms with E-state index in [2.05, 4.69) is 362 Å². The van der Waals surface area contributed by atoms with Gasteiger partial charge in [0, 0.05) is 0 Å². The van der Waals surface area contributed by atoms with Crippen LogP contribution in [0.5, 0.6) is 0 Å². The lowest BCUT2D eigenvalue weighted by Gasteiger charge is -2.12. The van der Waals surface area contributed by atoms with Gasteiger partial charge in [-0.1, -0.05) is 332 Å². The largest absolute Gasteiger partial charge is 0.0620 e. The summed E-state index contributed by atoms with van der Waals surface area (Å²) >= 11 is 0. The number of benzene rings is 8. The van der Waals surface area contributed by atoms with Gasteiger partial charge in [-0.05, 0) is 178 Å².